The first-order valence-electron chi connectivity index (χ1n) is 8.56. The first kappa shape index (κ1) is 17.4. The fourth-order valence-electron chi connectivity index (χ4n) is 2.86. The average Bonchev–Trinajstić information content (AvgIpc) is 3.35. The number of allylic oxidation sites excluding steroid dienone is 1. The van der Waals surface area contributed by atoms with Gasteiger partial charge in [0.1, 0.15) is 18.1 Å². The van der Waals surface area contributed by atoms with Crippen LogP contribution in [0.1, 0.15) is 21.9 Å². The molecule has 4 aromatic rings. The molecule has 0 saturated carbocycles. The molecule has 0 aliphatic heterocycles. The quantitative estimate of drug-likeness (QED) is 0.215. The summed E-state index contributed by atoms with van der Waals surface area (Å²) < 4.78 is 7.07. The second-order valence-corrected chi connectivity index (χ2v) is 6.19. The minimum absolute atomic E-state index is 0.119. The van der Waals surface area contributed by atoms with E-state index in [9.17, 15) is 14.9 Å². The van der Waals surface area contributed by atoms with E-state index in [1.165, 1.54) is 23.0 Å². The van der Waals surface area contributed by atoms with Crippen molar-refractivity contribution in [1.82, 2.24) is 9.78 Å². The Morgan fingerprint density at radius 3 is 2.71 bits per heavy atom. The molecule has 0 unspecified atom stereocenters. The van der Waals surface area contributed by atoms with Crippen LogP contribution in [-0.2, 0) is 6.54 Å². The fraction of sp³-hybridized carbons (Fsp3) is 0.0476. The lowest BCUT2D eigenvalue weighted by molar-refractivity contribution is -0.389. The van der Waals surface area contributed by atoms with Crippen molar-refractivity contribution in [2.75, 3.05) is 0 Å². The Labute approximate surface area is 159 Å². The Bertz CT molecular complexity index is 1200. The smallest absolute Gasteiger partial charge is 0.389 e. The standard InChI is InChI=1S/C21H15N3O4/c25-20(17-6-5-15-3-1-2-4-16(15)13-17)10-9-18-7-8-19(28-18)14-23-12-11-21(22-23)24(26)27/h1-13H,14H2/b10-9+. The van der Waals surface area contributed by atoms with E-state index < -0.39 is 4.92 Å². The molecule has 2 aromatic heterocycles. The van der Waals surface area contributed by atoms with Crippen molar-refractivity contribution >= 4 is 28.4 Å². The van der Waals surface area contributed by atoms with Gasteiger partial charge in [-0.2, -0.15) is 4.68 Å². The van der Waals surface area contributed by atoms with Gasteiger partial charge >= 0.3 is 5.82 Å². The zero-order valence-electron chi connectivity index (χ0n) is 14.7. The van der Waals surface area contributed by atoms with Crippen LogP contribution in [0.2, 0.25) is 0 Å². The number of nitrogens with zero attached hydrogens (tertiary/aromatic N) is 3. The predicted octanol–water partition coefficient (Wildman–Crippen LogP) is 4.48. The van der Waals surface area contributed by atoms with Gasteiger partial charge < -0.3 is 14.5 Å². The number of carbonyl (C=O) groups excluding carboxylic acids is 1. The fourth-order valence-corrected chi connectivity index (χ4v) is 2.86. The molecule has 0 spiro atoms. The highest BCUT2D eigenvalue weighted by molar-refractivity contribution is 6.08. The number of hydrogen-bond acceptors (Lipinski definition) is 5. The minimum Gasteiger partial charge on any atom is -0.460 e. The van der Waals surface area contributed by atoms with Crippen molar-refractivity contribution in [1.29, 1.82) is 0 Å². The van der Waals surface area contributed by atoms with Gasteiger partial charge in [0.15, 0.2) is 5.78 Å². The molecule has 138 valence electrons. The summed E-state index contributed by atoms with van der Waals surface area (Å²) in [5, 5.41) is 16.6. The lowest BCUT2D eigenvalue weighted by Crippen LogP contribution is -2.00. The molecule has 0 aliphatic rings. The van der Waals surface area contributed by atoms with Gasteiger partial charge in [0, 0.05) is 5.56 Å². The van der Waals surface area contributed by atoms with Crippen LogP contribution in [0.25, 0.3) is 16.8 Å². The van der Waals surface area contributed by atoms with Crippen LogP contribution in [0.3, 0.4) is 0 Å². The number of rotatable bonds is 6. The van der Waals surface area contributed by atoms with Crippen molar-refractivity contribution in [3.63, 3.8) is 0 Å². The lowest BCUT2D eigenvalue weighted by atomic mass is 10.0. The summed E-state index contributed by atoms with van der Waals surface area (Å²) in [5.41, 5.74) is 0.602. The van der Waals surface area contributed by atoms with E-state index in [4.69, 9.17) is 4.42 Å². The van der Waals surface area contributed by atoms with Crippen LogP contribution < -0.4 is 0 Å². The van der Waals surface area contributed by atoms with Gasteiger partial charge in [-0.25, -0.2) is 0 Å². The molecule has 0 aliphatic carbocycles. The third-order valence-electron chi connectivity index (χ3n) is 4.25. The Morgan fingerprint density at radius 1 is 1.11 bits per heavy atom. The van der Waals surface area contributed by atoms with E-state index in [0.29, 0.717) is 17.1 Å². The van der Waals surface area contributed by atoms with E-state index in [2.05, 4.69) is 5.10 Å². The highest BCUT2D eigenvalue weighted by Crippen LogP contribution is 2.17. The lowest BCUT2D eigenvalue weighted by Gasteiger charge is -2.00. The summed E-state index contributed by atoms with van der Waals surface area (Å²) in [4.78, 5) is 22.5. The van der Waals surface area contributed by atoms with Crippen molar-refractivity contribution in [3.05, 3.63) is 100 Å². The summed E-state index contributed by atoms with van der Waals surface area (Å²) in [6.07, 6.45) is 4.58. The van der Waals surface area contributed by atoms with Gasteiger partial charge in [-0.05, 0) is 46.0 Å². The molecule has 7 nitrogen and oxygen atoms in total. The van der Waals surface area contributed by atoms with Crippen LogP contribution >= 0.6 is 0 Å². The van der Waals surface area contributed by atoms with Crippen LogP contribution in [0.15, 0.2) is 77.4 Å². The second kappa shape index (κ2) is 7.32. The maximum atomic E-state index is 12.4. The molecular weight excluding hydrogens is 358 g/mol. The number of ketones is 1. The highest BCUT2D eigenvalue weighted by atomic mass is 16.6. The third kappa shape index (κ3) is 3.73. The molecular formula is C21H15N3O4. The van der Waals surface area contributed by atoms with Gasteiger partial charge in [-0.3, -0.25) is 4.79 Å². The van der Waals surface area contributed by atoms with Crippen molar-refractivity contribution in [2.24, 2.45) is 0 Å². The molecule has 0 saturated heterocycles. The van der Waals surface area contributed by atoms with Crippen molar-refractivity contribution in [2.45, 2.75) is 6.54 Å². The molecule has 2 aromatic carbocycles. The van der Waals surface area contributed by atoms with Crippen molar-refractivity contribution < 1.29 is 14.1 Å². The van der Waals surface area contributed by atoms with E-state index in [1.807, 2.05) is 36.4 Å². The van der Waals surface area contributed by atoms with Gasteiger partial charge in [-0.1, -0.05) is 36.4 Å². The van der Waals surface area contributed by atoms with E-state index in [0.717, 1.165) is 10.8 Å². The number of fused-ring (bicyclic) bond motifs is 1. The number of nitro groups is 1. The summed E-state index contributed by atoms with van der Waals surface area (Å²) in [5.74, 6) is 0.764. The summed E-state index contributed by atoms with van der Waals surface area (Å²) in [6.45, 7) is 0.264. The number of benzene rings is 2. The van der Waals surface area contributed by atoms with Crippen LogP contribution in [0.4, 0.5) is 5.82 Å². The molecule has 7 heteroatoms. The van der Waals surface area contributed by atoms with Crippen molar-refractivity contribution in [3.8, 4) is 0 Å². The van der Waals surface area contributed by atoms with Gasteiger partial charge in [0.25, 0.3) is 0 Å². The van der Waals surface area contributed by atoms with Crippen LogP contribution in [0.5, 0.6) is 0 Å². The second-order valence-electron chi connectivity index (χ2n) is 6.19. The third-order valence-corrected chi connectivity index (χ3v) is 4.25. The average molecular weight is 373 g/mol. The Balaban J connectivity index is 1.45. The molecule has 0 radical (unpaired) electrons. The maximum Gasteiger partial charge on any atom is 0.389 e. The predicted molar refractivity (Wildman–Crippen MR) is 104 cm³/mol. The molecule has 0 atom stereocenters. The number of carbonyl (C=O) groups is 1. The first-order valence-corrected chi connectivity index (χ1v) is 8.56. The SMILES string of the molecule is O=C(/C=C/c1ccc(Cn2ccc([N+](=O)[O-])n2)o1)c1ccc2ccccc2c1. The van der Waals surface area contributed by atoms with Crippen LogP contribution in [-0.4, -0.2) is 20.5 Å². The topological polar surface area (TPSA) is 91.2 Å². The van der Waals surface area contributed by atoms with E-state index in [1.54, 1.807) is 24.3 Å². The molecule has 4 rings (SSSR count). The number of hydrogen-bond donors (Lipinski definition) is 0. The number of furan rings is 1. The molecule has 0 fully saturated rings. The molecule has 28 heavy (non-hydrogen) atoms. The molecule has 0 bridgehead atoms. The summed E-state index contributed by atoms with van der Waals surface area (Å²) in [6, 6.07) is 18.2. The normalized spacial score (nSPS) is 11.3. The van der Waals surface area contributed by atoms with Crippen LogP contribution in [0, 0.1) is 10.1 Å². The largest absolute Gasteiger partial charge is 0.460 e. The summed E-state index contributed by atoms with van der Waals surface area (Å²) >= 11 is 0. The summed E-state index contributed by atoms with van der Waals surface area (Å²) in [7, 11) is 0. The van der Waals surface area contributed by atoms with Gasteiger partial charge in [0.2, 0.25) is 0 Å². The number of aromatic nitrogens is 2. The van der Waals surface area contributed by atoms with E-state index in [-0.39, 0.29) is 18.1 Å². The minimum atomic E-state index is -0.550. The first-order chi connectivity index (χ1) is 13.6. The molecule has 0 amide bonds. The monoisotopic (exact) mass is 373 g/mol. The van der Waals surface area contributed by atoms with E-state index >= 15 is 0 Å². The zero-order valence-corrected chi connectivity index (χ0v) is 14.7. The maximum absolute atomic E-state index is 12.4. The van der Waals surface area contributed by atoms with Gasteiger partial charge in [-0.15, -0.1) is 0 Å². The zero-order chi connectivity index (χ0) is 19.5. The Morgan fingerprint density at radius 2 is 1.93 bits per heavy atom. The Hall–Kier alpha value is -4.00. The van der Waals surface area contributed by atoms with Gasteiger partial charge in [0.05, 0.1) is 17.4 Å². The Kier molecular flexibility index (Phi) is 4.55. The highest BCUT2D eigenvalue weighted by Gasteiger charge is 2.12. The molecule has 2 heterocycles. The molecule has 0 N–H and O–H groups in total.